The van der Waals surface area contributed by atoms with Crippen LogP contribution in [0.5, 0.6) is 0 Å². The first-order valence-electron chi connectivity index (χ1n) is 13.5. The van der Waals surface area contributed by atoms with E-state index in [1.807, 2.05) is 6.92 Å². The van der Waals surface area contributed by atoms with Crippen molar-refractivity contribution < 1.29 is 15.0 Å². The summed E-state index contributed by atoms with van der Waals surface area (Å²) in [5.74, 6) is 2.32. The Hall–Kier alpha value is -0.930. The highest BCUT2D eigenvalue weighted by Crippen LogP contribution is 2.74. The molecule has 4 aliphatic carbocycles. The van der Waals surface area contributed by atoms with Gasteiger partial charge in [0.2, 0.25) is 0 Å². The molecule has 0 heterocycles. The van der Waals surface area contributed by atoms with Crippen LogP contribution in [0.25, 0.3) is 0 Å². The second kappa shape index (κ2) is 8.33. The zero-order valence-electron chi connectivity index (χ0n) is 22.2. The van der Waals surface area contributed by atoms with E-state index in [1.54, 1.807) is 0 Å². The van der Waals surface area contributed by atoms with Gasteiger partial charge < -0.3 is 10.2 Å². The monoisotopic (exact) mass is 456 g/mol. The van der Waals surface area contributed by atoms with Gasteiger partial charge in [0.05, 0.1) is 12.7 Å². The van der Waals surface area contributed by atoms with Crippen LogP contribution in [0.2, 0.25) is 0 Å². The lowest BCUT2D eigenvalue weighted by Gasteiger charge is -2.64. The van der Waals surface area contributed by atoms with Crippen molar-refractivity contribution in [3.8, 4) is 0 Å². The molecule has 3 heteroatoms. The van der Waals surface area contributed by atoms with Gasteiger partial charge in [0.15, 0.2) is 0 Å². The summed E-state index contributed by atoms with van der Waals surface area (Å²) in [6.07, 6.45) is 12.4. The smallest absolute Gasteiger partial charge is 0.140 e. The molecule has 3 fully saturated rings. The van der Waals surface area contributed by atoms with Crippen molar-refractivity contribution in [3.63, 3.8) is 0 Å². The van der Waals surface area contributed by atoms with Crippen molar-refractivity contribution in [1.29, 1.82) is 0 Å². The number of hydrogen-bond donors (Lipinski definition) is 2. The summed E-state index contributed by atoms with van der Waals surface area (Å²) in [5.41, 5.74) is 2.11. The second-order valence-corrected chi connectivity index (χ2v) is 13.4. The van der Waals surface area contributed by atoms with Gasteiger partial charge in [0.25, 0.3) is 0 Å². The molecule has 2 N–H and O–H groups in total. The van der Waals surface area contributed by atoms with E-state index in [-0.39, 0.29) is 40.3 Å². The molecule has 0 unspecified atom stereocenters. The van der Waals surface area contributed by atoms with Crippen molar-refractivity contribution in [2.24, 2.45) is 45.3 Å². The Labute approximate surface area is 202 Å². The maximum atomic E-state index is 14.2. The summed E-state index contributed by atoms with van der Waals surface area (Å²) in [6, 6.07) is 0. The van der Waals surface area contributed by atoms with Crippen LogP contribution in [0.3, 0.4) is 0 Å². The second-order valence-electron chi connectivity index (χ2n) is 13.4. The molecule has 0 radical (unpaired) electrons. The van der Waals surface area contributed by atoms with E-state index in [1.165, 1.54) is 18.4 Å². The number of aliphatic hydroxyl groups is 2. The van der Waals surface area contributed by atoms with Gasteiger partial charge in [0, 0.05) is 17.3 Å². The van der Waals surface area contributed by atoms with Crippen molar-refractivity contribution in [3.05, 3.63) is 23.3 Å². The molecule has 0 spiro atoms. The van der Waals surface area contributed by atoms with Gasteiger partial charge in [-0.25, -0.2) is 0 Å². The number of carbonyl (C=O) groups is 1. The van der Waals surface area contributed by atoms with Gasteiger partial charge >= 0.3 is 0 Å². The Morgan fingerprint density at radius 1 is 1.15 bits per heavy atom. The van der Waals surface area contributed by atoms with Gasteiger partial charge in [-0.15, -0.1) is 0 Å². The van der Waals surface area contributed by atoms with E-state index in [0.717, 1.165) is 37.7 Å². The first-order chi connectivity index (χ1) is 15.3. The predicted octanol–water partition coefficient (Wildman–Crippen LogP) is 6.49. The number of ketones is 1. The highest BCUT2D eigenvalue weighted by atomic mass is 16.3. The van der Waals surface area contributed by atoms with Crippen molar-refractivity contribution >= 4 is 5.78 Å². The van der Waals surface area contributed by atoms with Crippen LogP contribution in [0.15, 0.2) is 23.3 Å². The summed E-state index contributed by atoms with van der Waals surface area (Å²) in [6.45, 7) is 16.2. The molecule has 33 heavy (non-hydrogen) atoms. The largest absolute Gasteiger partial charge is 0.392 e. The average Bonchev–Trinajstić information content (AvgIpc) is 3.02. The lowest BCUT2D eigenvalue weighted by molar-refractivity contribution is -0.171. The Morgan fingerprint density at radius 3 is 2.52 bits per heavy atom. The number of Topliss-reactive ketones (excluding diaryl/α,β-unsaturated/α-hetero) is 1. The Morgan fingerprint density at radius 2 is 1.85 bits per heavy atom. The number of rotatable bonds is 5. The molecule has 0 saturated heterocycles. The third kappa shape index (κ3) is 3.46. The first-order valence-corrected chi connectivity index (χ1v) is 13.5. The van der Waals surface area contributed by atoms with Gasteiger partial charge in [-0.05, 0) is 86.4 Å². The summed E-state index contributed by atoms with van der Waals surface area (Å²) >= 11 is 0. The van der Waals surface area contributed by atoms with E-state index in [2.05, 4.69) is 53.7 Å². The quantitative estimate of drug-likeness (QED) is 0.465. The number of aliphatic hydroxyl groups excluding tert-OH is 2. The van der Waals surface area contributed by atoms with Crippen molar-refractivity contribution in [2.75, 3.05) is 6.61 Å². The third-order valence-electron chi connectivity index (χ3n) is 11.7. The highest BCUT2D eigenvalue weighted by molar-refractivity contribution is 5.88. The minimum atomic E-state index is -0.306. The summed E-state index contributed by atoms with van der Waals surface area (Å²) < 4.78 is 0. The lowest BCUT2D eigenvalue weighted by Crippen LogP contribution is -2.63. The minimum Gasteiger partial charge on any atom is -0.392 e. The standard InChI is InChI=1S/C30H48O3/c1-19(18-31)9-8-10-20(2)21-15-16-28(5)24-13-11-22-23(12-14-25(32)27(22,3)4)30(24,7)26(33)17-29(21,28)6/h9,11,20-21,23-25,31-32H,8,10,12-18H2,1-7H3/b19-9+/t20-,21-,23-,24+,25+,28+,29-,30+/m1/s1. The SMILES string of the molecule is C/C(=C\CC[C@@H](C)[C@H]1CC[C@@]2(C)[C@@H]3CC=C4[C@@H](CC[C@H](O)C4(C)C)[C@]3(C)C(=O)C[C@]12C)CO. The molecule has 186 valence electrons. The van der Waals surface area contributed by atoms with Crippen LogP contribution in [0.4, 0.5) is 0 Å². The molecule has 4 rings (SSSR count). The van der Waals surface area contributed by atoms with Crippen molar-refractivity contribution in [2.45, 2.75) is 106 Å². The number of carbonyl (C=O) groups excluding carboxylic acids is 1. The van der Waals surface area contributed by atoms with Gasteiger partial charge in [-0.3, -0.25) is 4.79 Å². The fourth-order valence-electron chi connectivity index (χ4n) is 9.24. The molecular formula is C30H48O3. The topological polar surface area (TPSA) is 57.5 Å². The van der Waals surface area contributed by atoms with Crippen LogP contribution >= 0.6 is 0 Å². The molecule has 0 aromatic heterocycles. The van der Waals surface area contributed by atoms with E-state index in [4.69, 9.17) is 0 Å². The van der Waals surface area contributed by atoms with Crippen LogP contribution in [0, 0.1) is 45.3 Å². The number of allylic oxidation sites excluding steroid dienone is 2. The zero-order valence-corrected chi connectivity index (χ0v) is 22.2. The number of hydrogen-bond acceptors (Lipinski definition) is 3. The Kier molecular flexibility index (Phi) is 6.35. The molecule has 0 amide bonds. The first kappa shape index (κ1) is 25.2. The molecule has 8 atom stereocenters. The molecule has 0 aromatic carbocycles. The summed E-state index contributed by atoms with van der Waals surface area (Å²) in [4.78, 5) is 14.2. The van der Waals surface area contributed by atoms with Crippen LogP contribution in [-0.4, -0.2) is 28.7 Å². The van der Waals surface area contributed by atoms with E-state index in [9.17, 15) is 15.0 Å². The van der Waals surface area contributed by atoms with E-state index < -0.39 is 0 Å². The van der Waals surface area contributed by atoms with Crippen LogP contribution < -0.4 is 0 Å². The summed E-state index contributed by atoms with van der Waals surface area (Å²) in [7, 11) is 0. The Balaban J connectivity index is 1.65. The maximum Gasteiger partial charge on any atom is 0.140 e. The fourth-order valence-corrected chi connectivity index (χ4v) is 9.24. The van der Waals surface area contributed by atoms with Gasteiger partial charge in [-0.1, -0.05) is 64.8 Å². The predicted molar refractivity (Wildman–Crippen MR) is 135 cm³/mol. The number of fused-ring (bicyclic) bond motifs is 5. The normalized spacial score (nSPS) is 45.7. The fraction of sp³-hybridized carbons (Fsp3) is 0.833. The van der Waals surface area contributed by atoms with Gasteiger partial charge in [-0.2, -0.15) is 0 Å². The zero-order chi connectivity index (χ0) is 24.4. The van der Waals surface area contributed by atoms with E-state index in [0.29, 0.717) is 30.0 Å². The molecular weight excluding hydrogens is 408 g/mol. The average molecular weight is 457 g/mol. The highest BCUT2D eigenvalue weighted by Gasteiger charge is 2.70. The maximum absolute atomic E-state index is 14.2. The molecule has 0 aromatic rings. The molecule has 3 nitrogen and oxygen atoms in total. The lowest BCUT2D eigenvalue weighted by atomic mass is 9.38. The van der Waals surface area contributed by atoms with Gasteiger partial charge in [0.1, 0.15) is 5.78 Å². The minimum absolute atomic E-state index is 0.0540. The van der Waals surface area contributed by atoms with Crippen molar-refractivity contribution in [1.82, 2.24) is 0 Å². The molecule has 4 aliphatic rings. The molecule has 3 saturated carbocycles. The molecule has 0 bridgehead atoms. The summed E-state index contributed by atoms with van der Waals surface area (Å²) in [5, 5.41) is 20.0. The Bertz CT molecular complexity index is 853. The third-order valence-corrected chi connectivity index (χ3v) is 11.7. The van der Waals surface area contributed by atoms with E-state index >= 15 is 0 Å². The van der Waals surface area contributed by atoms with Crippen LogP contribution in [0.1, 0.15) is 99.8 Å². The molecule has 0 aliphatic heterocycles. The van der Waals surface area contributed by atoms with Crippen LogP contribution in [-0.2, 0) is 4.79 Å².